The number of hydrogen-bond acceptors (Lipinski definition) is 3. The van der Waals surface area contributed by atoms with Crippen LogP contribution >= 0.6 is 11.6 Å². The Balaban J connectivity index is 2.54. The van der Waals surface area contributed by atoms with Gasteiger partial charge in [0.15, 0.2) is 0 Å². The molecule has 0 amide bonds. The van der Waals surface area contributed by atoms with E-state index in [1.807, 2.05) is 0 Å². The van der Waals surface area contributed by atoms with Gasteiger partial charge in [0.25, 0.3) is 0 Å². The average Bonchev–Trinajstić information content (AvgIpc) is 2.26. The second kappa shape index (κ2) is 6.79. The van der Waals surface area contributed by atoms with Gasteiger partial charge in [-0.1, -0.05) is 37.4 Å². The second-order valence-corrected chi connectivity index (χ2v) is 4.03. The zero-order chi connectivity index (χ0) is 12.0. The number of benzene rings is 1. The number of rotatable bonds is 6. The molecule has 3 nitrogen and oxygen atoms in total. The molecule has 0 aliphatic rings. The first-order chi connectivity index (χ1) is 7.65. The van der Waals surface area contributed by atoms with Crippen LogP contribution in [0.5, 0.6) is 5.75 Å². The van der Waals surface area contributed by atoms with E-state index in [0.717, 1.165) is 19.3 Å². The van der Waals surface area contributed by atoms with Crippen LogP contribution in [0.15, 0.2) is 18.2 Å². The van der Waals surface area contributed by atoms with Crippen LogP contribution in [0.25, 0.3) is 0 Å². The van der Waals surface area contributed by atoms with Gasteiger partial charge in [-0.25, -0.2) is 0 Å². The minimum absolute atomic E-state index is 0.367. The van der Waals surface area contributed by atoms with E-state index < -0.39 is 7.12 Å². The van der Waals surface area contributed by atoms with Crippen LogP contribution in [0.1, 0.15) is 26.2 Å². The molecule has 0 heterocycles. The van der Waals surface area contributed by atoms with Crippen molar-refractivity contribution in [3.05, 3.63) is 23.2 Å². The van der Waals surface area contributed by atoms with Gasteiger partial charge in [0.1, 0.15) is 5.75 Å². The van der Waals surface area contributed by atoms with Gasteiger partial charge in [-0.15, -0.1) is 0 Å². The van der Waals surface area contributed by atoms with Crippen LogP contribution in [0.2, 0.25) is 5.02 Å². The molecule has 0 atom stereocenters. The van der Waals surface area contributed by atoms with Gasteiger partial charge < -0.3 is 14.8 Å². The molecule has 0 saturated heterocycles. The molecule has 5 heteroatoms. The molecule has 0 radical (unpaired) electrons. The lowest BCUT2D eigenvalue weighted by atomic mass is 9.80. The fourth-order valence-electron chi connectivity index (χ4n) is 1.33. The standard InChI is InChI=1S/C11H16BClO3/c1-2-3-4-7-16-11-6-5-9(12(14)15)8-10(11)13/h5-6,8,14-15H,2-4,7H2,1H3. The maximum atomic E-state index is 8.94. The lowest BCUT2D eigenvalue weighted by Gasteiger charge is -2.09. The molecule has 16 heavy (non-hydrogen) atoms. The molecule has 0 saturated carbocycles. The molecular formula is C11H16BClO3. The van der Waals surface area contributed by atoms with Crippen molar-refractivity contribution in [2.45, 2.75) is 26.2 Å². The first-order valence-electron chi connectivity index (χ1n) is 5.43. The Bertz CT molecular complexity index is 331. The van der Waals surface area contributed by atoms with Crippen molar-refractivity contribution in [2.24, 2.45) is 0 Å². The Morgan fingerprint density at radius 3 is 2.62 bits per heavy atom. The molecule has 0 bridgehead atoms. The largest absolute Gasteiger partial charge is 0.492 e. The molecule has 0 spiro atoms. The lowest BCUT2D eigenvalue weighted by molar-refractivity contribution is 0.306. The Morgan fingerprint density at radius 2 is 2.06 bits per heavy atom. The summed E-state index contributed by atoms with van der Waals surface area (Å²) in [5.41, 5.74) is 0.367. The number of unbranched alkanes of at least 4 members (excludes halogenated alkanes) is 2. The van der Waals surface area contributed by atoms with Gasteiger partial charge in [-0.3, -0.25) is 0 Å². The van der Waals surface area contributed by atoms with E-state index in [4.69, 9.17) is 26.4 Å². The highest BCUT2D eigenvalue weighted by atomic mass is 35.5. The van der Waals surface area contributed by atoms with Crippen molar-refractivity contribution in [3.8, 4) is 5.75 Å². The van der Waals surface area contributed by atoms with Gasteiger partial charge in [0.05, 0.1) is 11.6 Å². The molecule has 0 unspecified atom stereocenters. The molecule has 2 N–H and O–H groups in total. The first-order valence-corrected chi connectivity index (χ1v) is 5.81. The van der Waals surface area contributed by atoms with Crippen molar-refractivity contribution in [1.82, 2.24) is 0 Å². The fourth-order valence-corrected chi connectivity index (χ4v) is 1.57. The molecule has 0 aromatic heterocycles. The normalized spacial score (nSPS) is 10.2. The van der Waals surface area contributed by atoms with E-state index in [-0.39, 0.29) is 0 Å². The second-order valence-electron chi connectivity index (χ2n) is 3.62. The van der Waals surface area contributed by atoms with Crippen LogP contribution in [0.3, 0.4) is 0 Å². The van der Waals surface area contributed by atoms with Crippen LogP contribution in [0.4, 0.5) is 0 Å². The van der Waals surface area contributed by atoms with Crippen LogP contribution in [0, 0.1) is 0 Å². The summed E-state index contributed by atoms with van der Waals surface area (Å²) in [5.74, 6) is 0.585. The zero-order valence-electron chi connectivity index (χ0n) is 9.32. The highest BCUT2D eigenvalue weighted by molar-refractivity contribution is 6.59. The van der Waals surface area contributed by atoms with Crippen LogP contribution in [-0.4, -0.2) is 23.8 Å². The smallest absolute Gasteiger partial charge is 0.488 e. The van der Waals surface area contributed by atoms with Gasteiger partial charge in [0, 0.05) is 0 Å². The third kappa shape index (κ3) is 4.04. The monoisotopic (exact) mass is 242 g/mol. The summed E-state index contributed by atoms with van der Waals surface area (Å²) in [5, 5.41) is 18.3. The highest BCUT2D eigenvalue weighted by Crippen LogP contribution is 2.22. The summed E-state index contributed by atoms with van der Waals surface area (Å²) in [4.78, 5) is 0. The minimum atomic E-state index is -1.49. The highest BCUT2D eigenvalue weighted by Gasteiger charge is 2.12. The summed E-state index contributed by atoms with van der Waals surface area (Å²) < 4.78 is 5.48. The third-order valence-electron chi connectivity index (χ3n) is 2.26. The van der Waals surface area contributed by atoms with Crippen molar-refractivity contribution in [2.75, 3.05) is 6.61 Å². The maximum absolute atomic E-state index is 8.94. The molecule has 0 fully saturated rings. The minimum Gasteiger partial charge on any atom is -0.492 e. The molecule has 1 aromatic rings. The third-order valence-corrected chi connectivity index (χ3v) is 2.55. The number of halogens is 1. The SMILES string of the molecule is CCCCCOc1ccc(B(O)O)cc1Cl. The number of ether oxygens (including phenoxy) is 1. The van der Waals surface area contributed by atoms with Gasteiger partial charge in [0.2, 0.25) is 0 Å². The Labute approximate surface area is 101 Å². The Hall–Kier alpha value is -0.705. The fraction of sp³-hybridized carbons (Fsp3) is 0.455. The van der Waals surface area contributed by atoms with E-state index in [9.17, 15) is 0 Å². The molecule has 1 aromatic carbocycles. The van der Waals surface area contributed by atoms with Crippen LogP contribution < -0.4 is 10.2 Å². The van der Waals surface area contributed by atoms with Crippen molar-refractivity contribution >= 4 is 24.2 Å². The van der Waals surface area contributed by atoms with E-state index in [1.54, 1.807) is 12.1 Å². The maximum Gasteiger partial charge on any atom is 0.488 e. The Kier molecular flexibility index (Phi) is 5.67. The van der Waals surface area contributed by atoms with Gasteiger partial charge >= 0.3 is 7.12 Å². The van der Waals surface area contributed by atoms with Gasteiger partial charge in [-0.05, 0) is 24.0 Å². The average molecular weight is 243 g/mol. The number of hydrogen-bond donors (Lipinski definition) is 2. The van der Waals surface area contributed by atoms with Crippen molar-refractivity contribution < 1.29 is 14.8 Å². The summed E-state index contributed by atoms with van der Waals surface area (Å²) in [6.07, 6.45) is 3.27. The summed E-state index contributed by atoms with van der Waals surface area (Å²) in [7, 11) is -1.49. The predicted octanol–water partition coefficient (Wildman–Crippen LogP) is 1.59. The Morgan fingerprint density at radius 1 is 1.31 bits per heavy atom. The predicted molar refractivity (Wildman–Crippen MR) is 66.3 cm³/mol. The summed E-state index contributed by atoms with van der Waals surface area (Å²) >= 11 is 5.94. The first kappa shape index (κ1) is 13.4. The van der Waals surface area contributed by atoms with Crippen molar-refractivity contribution in [1.29, 1.82) is 0 Å². The zero-order valence-corrected chi connectivity index (χ0v) is 10.1. The molecular weight excluding hydrogens is 226 g/mol. The lowest BCUT2D eigenvalue weighted by Crippen LogP contribution is -2.29. The van der Waals surface area contributed by atoms with E-state index in [2.05, 4.69) is 6.92 Å². The van der Waals surface area contributed by atoms with E-state index >= 15 is 0 Å². The molecule has 88 valence electrons. The molecule has 1 rings (SSSR count). The van der Waals surface area contributed by atoms with E-state index in [0.29, 0.717) is 22.8 Å². The van der Waals surface area contributed by atoms with Crippen LogP contribution in [-0.2, 0) is 0 Å². The quantitative estimate of drug-likeness (QED) is 0.588. The molecule has 0 aliphatic carbocycles. The van der Waals surface area contributed by atoms with E-state index in [1.165, 1.54) is 6.07 Å². The summed E-state index contributed by atoms with van der Waals surface area (Å²) in [6, 6.07) is 4.75. The van der Waals surface area contributed by atoms with Crippen molar-refractivity contribution in [3.63, 3.8) is 0 Å². The topological polar surface area (TPSA) is 49.7 Å². The molecule has 0 aliphatic heterocycles. The van der Waals surface area contributed by atoms with Gasteiger partial charge in [-0.2, -0.15) is 0 Å². The summed E-state index contributed by atoms with van der Waals surface area (Å²) in [6.45, 7) is 2.76.